The van der Waals surface area contributed by atoms with Crippen molar-refractivity contribution >= 4 is 26.2 Å². The Hall–Kier alpha value is 1.29. The standard InChI is InChI=1S/C5H10O8S2.2Na/c6-5(7)4(15(11,12)13)2-1-3-14(8,9)10;;/h4H,1-3H2,(H,6,7)(H,8,9,10)(H,11,12,13);;/q;2*+1/p-2. The molecule has 0 aliphatic rings. The molecule has 0 saturated carbocycles. The second-order valence-corrected chi connectivity index (χ2v) is 5.80. The van der Waals surface area contributed by atoms with E-state index in [2.05, 4.69) is 0 Å². The molecule has 0 fully saturated rings. The minimum atomic E-state index is -5.03. The van der Waals surface area contributed by atoms with Gasteiger partial charge in [-0.25, -0.2) is 16.8 Å². The quantitative estimate of drug-likeness (QED) is 0.375. The van der Waals surface area contributed by atoms with Crippen molar-refractivity contribution in [3.63, 3.8) is 0 Å². The van der Waals surface area contributed by atoms with Crippen LogP contribution in [0.5, 0.6) is 0 Å². The number of rotatable bonds is 6. The van der Waals surface area contributed by atoms with Gasteiger partial charge in [-0.2, -0.15) is 0 Å². The Labute approximate surface area is 143 Å². The second kappa shape index (κ2) is 9.23. The molecule has 0 aliphatic heterocycles. The first-order chi connectivity index (χ1) is 6.54. The van der Waals surface area contributed by atoms with Crippen LogP contribution in [0.15, 0.2) is 0 Å². The Morgan fingerprint density at radius 2 is 1.53 bits per heavy atom. The zero-order valence-corrected chi connectivity index (χ0v) is 15.0. The van der Waals surface area contributed by atoms with Gasteiger partial charge in [0.1, 0.15) is 15.4 Å². The second-order valence-electron chi connectivity index (χ2n) is 2.72. The first-order valence-electron chi connectivity index (χ1n) is 3.65. The SMILES string of the molecule is O=C(O)C(CCCS(=O)(=O)[O-])S(=O)(=O)[O-].[Na+].[Na+]. The minimum absolute atomic E-state index is 0. The number of hydrogen-bond acceptors (Lipinski definition) is 7. The molecule has 12 heteroatoms. The van der Waals surface area contributed by atoms with Crippen LogP contribution in [-0.2, 0) is 25.0 Å². The Morgan fingerprint density at radius 3 is 1.76 bits per heavy atom. The van der Waals surface area contributed by atoms with E-state index in [1.807, 2.05) is 0 Å². The summed E-state index contributed by atoms with van der Waals surface area (Å²) < 4.78 is 61.4. The van der Waals surface area contributed by atoms with Gasteiger partial charge in [0, 0.05) is 5.75 Å². The molecule has 0 amide bonds. The van der Waals surface area contributed by atoms with Crippen LogP contribution in [0.1, 0.15) is 12.8 Å². The van der Waals surface area contributed by atoms with Crippen molar-refractivity contribution < 1.29 is 95.0 Å². The Balaban J connectivity index is -0.000000980. The third-order valence-corrected chi connectivity index (χ3v) is 3.41. The van der Waals surface area contributed by atoms with Gasteiger partial charge < -0.3 is 14.2 Å². The summed E-state index contributed by atoms with van der Waals surface area (Å²) in [6, 6.07) is 0. The number of carboxylic acids is 1. The van der Waals surface area contributed by atoms with Gasteiger partial charge in [-0.1, -0.05) is 0 Å². The smallest absolute Gasteiger partial charge is 0.748 e. The van der Waals surface area contributed by atoms with Crippen LogP contribution in [0.4, 0.5) is 0 Å². The molecule has 0 bridgehead atoms. The predicted molar refractivity (Wildman–Crippen MR) is 44.9 cm³/mol. The van der Waals surface area contributed by atoms with Crippen molar-refractivity contribution in [3.05, 3.63) is 0 Å². The van der Waals surface area contributed by atoms with E-state index in [4.69, 9.17) is 5.11 Å². The van der Waals surface area contributed by atoms with Crippen LogP contribution in [0.3, 0.4) is 0 Å². The van der Waals surface area contributed by atoms with Gasteiger partial charge in [-0.3, -0.25) is 4.79 Å². The third-order valence-electron chi connectivity index (χ3n) is 1.48. The molecule has 90 valence electrons. The molecule has 0 saturated heterocycles. The van der Waals surface area contributed by atoms with Crippen molar-refractivity contribution in [2.24, 2.45) is 0 Å². The largest absolute Gasteiger partial charge is 1.00 e. The van der Waals surface area contributed by atoms with Gasteiger partial charge in [0.05, 0.1) is 10.1 Å². The van der Waals surface area contributed by atoms with Crippen LogP contribution in [0.25, 0.3) is 0 Å². The van der Waals surface area contributed by atoms with Crippen LogP contribution in [0, 0.1) is 0 Å². The molecule has 8 nitrogen and oxygen atoms in total. The normalized spacial score (nSPS) is 13.1. The van der Waals surface area contributed by atoms with Gasteiger partial charge in [0.2, 0.25) is 0 Å². The van der Waals surface area contributed by atoms with Crippen molar-refractivity contribution in [3.8, 4) is 0 Å². The van der Waals surface area contributed by atoms with Gasteiger partial charge in [-0.15, -0.1) is 0 Å². The number of hydrogen-bond donors (Lipinski definition) is 1. The van der Waals surface area contributed by atoms with Gasteiger partial charge in [-0.05, 0) is 12.8 Å². The maximum atomic E-state index is 10.4. The van der Waals surface area contributed by atoms with E-state index in [9.17, 15) is 30.7 Å². The van der Waals surface area contributed by atoms with E-state index >= 15 is 0 Å². The molecule has 1 unspecified atom stereocenters. The maximum absolute atomic E-state index is 10.4. The van der Waals surface area contributed by atoms with Crippen molar-refractivity contribution in [2.45, 2.75) is 18.1 Å². The van der Waals surface area contributed by atoms with E-state index in [-0.39, 0.29) is 59.1 Å². The molecule has 0 rings (SSSR count). The zero-order valence-electron chi connectivity index (χ0n) is 9.32. The summed E-state index contributed by atoms with van der Waals surface area (Å²) in [5, 5.41) is 6.12. The van der Waals surface area contributed by atoms with Crippen molar-refractivity contribution in [1.29, 1.82) is 0 Å². The average molecular weight is 306 g/mol. The van der Waals surface area contributed by atoms with E-state index in [0.29, 0.717) is 0 Å². The fraction of sp³-hybridized carbons (Fsp3) is 0.800. The molecule has 0 aromatic rings. The molecule has 0 radical (unpaired) electrons. The van der Waals surface area contributed by atoms with Gasteiger partial charge in [0.15, 0.2) is 0 Å². The molecule has 0 spiro atoms. The van der Waals surface area contributed by atoms with E-state index in [0.717, 1.165) is 0 Å². The molecule has 0 aromatic carbocycles. The van der Waals surface area contributed by atoms with E-state index in [1.165, 1.54) is 0 Å². The Morgan fingerprint density at radius 1 is 1.12 bits per heavy atom. The fourth-order valence-electron chi connectivity index (χ4n) is 0.837. The zero-order chi connectivity index (χ0) is 12.3. The third kappa shape index (κ3) is 12.1. The predicted octanol–water partition coefficient (Wildman–Crippen LogP) is -7.68. The summed E-state index contributed by atoms with van der Waals surface area (Å²) >= 11 is 0. The Bertz CT molecular complexity index is 427. The molecule has 0 aromatic heterocycles. The van der Waals surface area contributed by atoms with Gasteiger partial charge >= 0.3 is 65.1 Å². The first kappa shape index (κ1) is 23.4. The average Bonchev–Trinajstić information content (AvgIpc) is 1.92. The summed E-state index contributed by atoms with van der Waals surface area (Å²) in [5.74, 6) is -2.75. The Kier molecular flexibility index (Phi) is 12.7. The first-order valence-corrected chi connectivity index (χ1v) is 6.70. The van der Waals surface area contributed by atoms with Crippen molar-refractivity contribution in [1.82, 2.24) is 0 Å². The number of carbonyl (C=O) groups is 1. The van der Waals surface area contributed by atoms with E-state index < -0.39 is 50.0 Å². The fourth-order valence-corrected chi connectivity index (χ4v) is 2.06. The van der Waals surface area contributed by atoms with Crippen molar-refractivity contribution in [2.75, 3.05) is 5.75 Å². The molecule has 17 heavy (non-hydrogen) atoms. The topological polar surface area (TPSA) is 152 Å². The summed E-state index contributed by atoms with van der Waals surface area (Å²) in [7, 11) is -9.56. The molecular formula is C5H8Na2O8S2. The monoisotopic (exact) mass is 306 g/mol. The van der Waals surface area contributed by atoms with Gasteiger partial charge in [0.25, 0.3) is 0 Å². The number of carboxylic acid groups (broad SMARTS) is 1. The summed E-state index contributed by atoms with van der Waals surface area (Å²) in [6.45, 7) is 0. The molecule has 1 N–H and O–H groups in total. The minimum Gasteiger partial charge on any atom is -0.748 e. The maximum Gasteiger partial charge on any atom is 1.00 e. The summed E-state index contributed by atoms with van der Waals surface area (Å²) in [4.78, 5) is 10.3. The van der Waals surface area contributed by atoms with Crippen LogP contribution in [-0.4, -0.2) is 48.0 Å². The van der Waals surface area contributed by atoms with E-state index in [1.54, 1.807) is 0 Å². The van der Waals surface area contributed by atoms with Crippen LogP contribution < -0.4 is 59.1 Å². The molecule has 0 heterocycles. The molecule has 1 atom stereocenters. The van der Waals surface area contributed by atoms with Crippen LogP contribution in [0.2, 0.25) is 0 Å². The summed E-state index contributed by atoms with van der Waals surface area (Å²) in [6.07, 6.45) is -1.17. The number of aliphatic carboxylic acids is 1. The van der Waals surface area contributed by atoms with Crippen LogP contribution >= 0.6 is 0 Å². The molecular weight excluding hydrogens is 298 g/mol. The molecule has 0 aliphatic carbocycles. The summed E-state index contributed by atoms with van der Waals surface area (Å²) in [5.41, 5.74) is 0.